The number of rotatable bonds is 5. The number of nitrogens with one attached hydrogen (secondary N) is 1. The fraction of sp³-hybridized carbons (Fsp3) is 1.00. The van der Waals surface area contributed by atoms with Gasteiger partial charge in [-0.05, 0) is 32.7 Å². The standard InChI is InChI=1S/C11H22N2O/c1-13(11-2-3-11)7-6-12-10-4-8-14-9-5-10/h10-12H,2-9H2,1H3. The largest absolute Gasteiger partial charge is 0.381 e. The molecule has 1 aliphatic carbocycles. The molecule has 2 aliphatic rings. The van der Waals surface area contributed by atoms with Gasteiger partial charge >= 0.3 is 0 Å². The topological polar surface area (TPSA) is 24.5 Å². The molecule has 14 heavy (non-hydrogen) atoms. The molecular weight excluding hydrogens is 176 g/mol. The zero-order valence-electron chi connectivity index (χ0n) is 9.17. The van der Waals surface area contributed by atoms with E-state index in [1.54, 1.807) is 0 Å². The van der Waals surface area contributed by atoms with Crippen molar-refractivity contribution in [3.63, 3.8) is 0 Å². The van der Waals surface area contributed by atoms with E-state index < -0.39 is 0 Å². The van der Waals surface area contributed by atoms with Crippen LogP contribution in [-0.4, -0.2) is 50.3 Å². The number of ether oxygens (including phenoxy) is 1. The monoisotopic (exact) mass is 198 g/mol. The van der Waals surface area contributed by atoms with Crippen molar-refractivity contribution in [2.75, 3.05) is 33.4 Å². The summed E-state index contributed by atoms with van der Waals surface area (Å²) < 4.78 is 5.32. The third kappa shape index (κ3) is 3.23. The Bertz CT molecular complexity index is 165. The summed E-state index contributed by atoms with van der Waals surface area (Å²) in [5.41, 5.74) is 0. The number of nitrogens with zero attached hydrogens (tertiary/aromatic N) is 1. The van der Waals surface area contributed by atoms with E-state index in [9.17, 15) is 0 Å². The van der Waals surface area contributed by atoms with Crippen molar-refractivity contribution in [1.29, 1.82) is 0 Å². The van der Waals surface area contributed by atoms with Crippen LogP contribution in [0.15, 0.2) is 0 Å². The second kappa shape index (κ2) is 5.10. The van der Waals surface area contributed by atoms with E-state index in [0.717, 1.165) is 25.8 Å². The lowest BCUT2D eigenvalue weighted by Gasteiger charge is -2.24. The second-order valence-corrected chi connectivity index (χ2v) is 4.55. The van der Waals surface area contributed by atoms with Crippen LogP contribution in [0.25, 0.3) is 0 Å². The van der Waals surface area contributed by atoms with Crippen LogP contribution in [-0.2, 0) is 4.74 Å². The van der Waals surface area contributed by atoms with Crippen molar-refractivity contribution in [3.8, 4) is 0 Å². The first-order valence-electron chi connectivity index (χ1n) is 5.87. The molecular formula is C11H22N2O. The first-order valence-corrected chi connectivity index (χ1v) is 5.87. The van der Waals surface area contributed by atoms with Gasteiger partial charge in [-0.3, -0.25) is 0 Å². The predicted octanol–water partition coefficient (Wildman–Crippen LogP) is 0.849. The van der Waals surface area contributed by atoms with E-state index in [0.29, 0.717) is 6.04 Å². The van der Waals surface area contributed by atoms with E-state index in [2.05, 4.69) is 17.3 Å². The summed E-state index contributed by atoms with van der Waals surface area (Å²) in [5, 5.41) is 3.61. The van der Waals surface area contributed by atoms with Gasteiger partial charge in [-0.25, -0.2) is 0 Å². The molecule has 0 atom stereocenters. The van der Waals surface area contributed by atoms with E-state index in [1.165, 1.54) is 32.2 Å². The van der Waals surface area contributed by atoms with E-state index in [1.807, 2.05) is 0 Å². The van der Waals surface area contributed by atoms with Crippen LogP contribution in [0.2, 0.25) is 0 Å². The maximum Gasteiger partial charge on any atom is 0.0480 e. The molecule has 1 aliphatic heterocycles. The average Bonchev–Trinajstić information content (AvgIpc) is 3.02. The van der Waals surface area contributed by atoms with Gasteiger partial charge in [0.15, 0.2) is 0 Å². The van der Waals surface area contributed by atoms with Gasteiger partial charge in [0.1, 0.15) is 0 Å². The van der Waals surface area contributed by atoms with Crippen molar-refractivity contribution in [1.82, 2.24) is 10.2 Å². The van der Waals surface area contributed by atoms with Crippen LogP contribution >= 0.6 is 0 Å². The fourth-order valence-electron chi connectivity index (χ4n) is 2.04. The third-order valence-corrected chi connectivity index (χ3v) is 3.29. The molecule has 82 valence electrons. The molecule has 0 amide bonds. The van der Waals surface area contributed by atoms with Gasteiger partial charge in [-0.15, -0.1) is 0 Å². The van der Waals surface area contributed by atoms with Gasteiger partial charge in [0, 0.05) is 38.4 Å². The summed E-state index contributed by atoms with van der Waals surface area (Å²) in [6, 6.07) is 1.60. The van der Waals surface area contributed by atoms with Gasteiger partial charge in [-0.2, -0.15) is 0 Å². The summed E-state index contributed by atoms with van der Waals surface area (Å²) in [4.78, 5) is 2.48. The zero-order chi connectivity index (χ0) is 9.80. The van der Waals surface area contributed by atoms with Gasteiger partial charge < -0.3 is 15.0 Å². The highest BCUT2D eigenvalue weighted by Crippen LogP contribution is 2.24. The molecule has 1 N–H and O–H groups in total. The van der Waals surface area contributed by atoms with Crippen LogP contribution < -0.4 is 5.32 Å². The van der Waals surface area contributed by atoms with E-state index >= 15 is 0 Å². The molecule has 1 saturated heterocycles. The van der Waals surface area contributed by atoms with E-state index in [-0.39, 0.29) is 0 Å². The molecule has 0 spiro atoms. The Labute approximate surface area is 86.8 Å². The highest BCUT2D eigenvalue weighted by molar-refractivity contribution is 4.82. The Kier molecular flexibility index (Phi) is 3.79. The first kappa shape index (κ1) is 10.4. The Morgan fingerprint density at radius 2 is 1.93 bits per heavy atom. The van der Waals surface area contributed by atoms with Crippen molar-refractivity contribution in [3.05, 3.63) is 0 Å². The molecule has 2 rings (SSSR count). The predicted molar refractivity (Wildman–Crippen MR) is 57.5 cm³/mol. The van der Waals surface area contributed by atoms with Crippen LogP contribution in [0.1, 0.15) is 25.7 Å². The molecule has 1 heterocycles. The SMILES string of the molecule is CN(CCNC1CCOCC1)C1CC1. The van der Waals surface area contributed by atoms with E-state index in [4.69, 9.17) is 4.74 Å². The molecule has 0 unspecified atom stereocenters. The van der Waals surface area contributed by atoms with Crippen LogP contribution in [0.5, 0.6) is 0 Å². The maximum atomic E-state index is 5.32. The Morgan fingerprint density at radius 1 is 1.21 bits per heavy atom. The molecule has 3 nitrogen and oxygen atoms in total. The molecule has 3 heteroatoms. The minimum atomic E-state index is 0.705. The average molecular weight is 198 g/mol. The molecule has 0 aromatic carbocycles. The number of hydrogen-bond acceptors (Lipinski definition) is 3. The molecule has 0 radical (unpaired) electrons. The normalized spacial score (nSPS) is 24.4. The lowest BCUT2D eigenvalue weighted by Crippen LogP contribution is -2.39. The Hall–Kier alpha value is -0.120. The van der Waals surface area contributed by atoms with Crippen molar-refractivity contribution in [2.24, 2.45) is 0 Å². The third-order valence-electron chi connectivity index (χ3n) is 3.29. The maximum absolute atomic E-state index is 5.32. The van der Waals surface area contributed by atoms with Crippen LogP contribution in [0.3, 0.4) is 0 Å². The minimum absolute atomic E-state index is 0.705. The summed E-state index contributed by atoms with van der Waals surface area (Å²) in [6.45, 7) is 4.21. The molecule has 1 saturated carbocycles. The van der Waals surface area contributed by atoms with Gasteiger partial charge in [0.05, 0.1) is 0 Å². The van der Waals surface area contributed by atoms with Crippen molar-refractivity contribution < 1.29 is 4.74 Å². The number of likely N-dealkylation sites (N-methyl/N-ethyl adjacent to an activating group) is 1. The molecule has 0 bridgehead atoms. The van der Waals surface area contributed by atoms with Gasteiger partial charge in [0.2, 0.25) is 0 Å². The smallest absolute Gasteiger partial charge is 0.0480 e. The summed E-state index contributed by atoms with van der Waals surface area (Å²) >= 11 is 0. The zero-order valence-corrected chi connectivity index (χ0v) is 9.17. The summed E-state index contributed by atoms with van der Waals surface area (Å²) in [7, 11) is 2.24. The quantitative estimate of drug-likeness (QED) is 0.709. The second-order valence-electron chi connectivity index (χ2n) is 4.55. The molecule has 0 aromatic heterocycles. The molecule has 2 fully saturated rings. The van der Waals surface area contributed by atoms with Crippen LogP contribution in [0, 0.1) is 0 Å². The van der Waals surface area contributed by atoms with Crippen molar-refractivity contribution >= 4 is 0 Å². The van der Waals surface area contributed by atoms with Crippen molar-refractivity contribution in [2.45, 2.75) is 37.8 Å². The molecule has 0 aromatic rings. The lowest BCUT2D eigenvalue weighted by atomic mass is 10.1. The number of hydrogen-bond donors (Lipinski definition) is 1. The van der Waals surface area contributed by atoms with Gasteiger partial charge in [-0.1, -0.05) is 0 Å². The van der Waals surface area contributed by atoms with Crippen LogP contribution in [0.4, 0.5) is 0 Å². The Balaban J connectivity index is 1.52. The lowest BCUT2D eigenvalue weighted by molar-refractivity contribution is 0.0774. The highest BCUT2D eigenvalue weighted by Gasteiger charge is 2.25. The first-order chi connectivity index (χ1) is 6.86. The summed E-state index contributed by atoms with van der Waals surface area (Å²) in [6.07, 6.45) is 5.20. The highest BCUT2D eigenvalue weighted by atomic mass is 16.5. The fourth-order valence-corrected chi connectivity index (χ4v) is 2.04. The minimum Gasteiger partial charge on any atom is -0.381 e. The Morgan fingerprint density at radius 3 is 2.57 bits per heavy atom. The van der Waals surface area contributed by atoms with Gasteiger partial charge in [0.25, 0.3) is 0 Å². The summed E-state index contributed by atoms with van der Waals surface area (Å²) in [5.74, 6) is 0.